The lowest BCUT2D eigenvalue weighted by atomic mass is 10.0. The Balaban J connectivity index is 0.00000176. The summed E-state index contributed by atoms with van der Waals surface area (Å²) in [5.41, 5.74) is 0.0399. The molecule has 1 aromatic rings. The van der Waals surface area contributed by atoms with Crippen molar-refractivity contribution in [3.63, 3.8) is 0 Å². The van der Waals surface area contributed by atoms with Gasteiger partial charge < -0.3 is 22.1 Å². The van der Waals surface area contributed by atoms with Crippen molar-refractivity contribution in [1.29, 1.82) is 0 Å². The van der Waals surface area contributed by atoms with Gasteiger partial charge in [0.2, 0.25) is 5.72 Å². The highest BCUT2D eigenvalue weighted by Crippen LogP contribution is 2.40. The molecular weight excluding hydrogens is 362 g/mol. The highest BCUT2D eigenvalue weighted by Gasteiger charge is 2.54. The van der Waals surface area contributed by atoms with Crippen molar-refractivity contribution in [3.05, 3.63) is 48.6 Å². The number of nitrogens with zero attached hydrogens (tertiary/aromatic N) is 3. The Labute approximate surface area is 146 Å². The lowest BCUT2D eigenvalue weighted by Crippen LogP contribution is -3.00. The van der Waals surface area contributed by atoms with Crippen molar-refractivity contribution in [2.75, 3.05) is 32.2 Å². The monoisotopic (exact) mass is 383 g/mol. The van der Waals surface area contributed by atoms with E-state index in [4.69, 9.17) is 0 Å². The van der Waals surface area contributed by atoms with Crippen LogP contribution in [-0.4, -0.2) is 56.8 Å². The Morgan fingerprint density at radius 2 is 2.14 bits per heavy atom. The zero-order valence-corrected chi connectivity index (χ0v) is 15.2. The quantitative estimate of drug-likeness (QED) is 0.516. The van der Waals surface area contributed by atoms with Crippen LogP contribution in [0.4, 0.5) is 0 Å². The van der Waals surface area contributed by atoms with Crippen LogP contribution in [0.1, 0.15) is 12.5 Å². The van der Waals surface area contributed by atoms with Crippen molar-refractivity contribution in [2.24, 2.45) is 0 Å². The van der Waals surface area contributed by atoms with E-state index in [2.05, 4.69) is 27.9 Å². The Bertz CT molecular complexity index is 566. The summed E-state index contributed by atoms with van der Waals surface area (Å²) in [4.78, 5) is 4.45. The average molecular weight is 384 g/mol. The molecular formula is C16H22BrN3OS. The fourth-order valence-corrected chi connectivity index (χ4v) is 4.23. The van der Waals surface area contributed by atoms with Gasteiger partial charge in [-0.15, -0.1) is 0 Å². The van der Waals surface area contributed by atoms with E-state index < -0.39 is 5.72 Å². The molecule has 0 saturated carbocycles. The first-order valence-corrected chi connectivity index (χ1v) is 8.31. The fraction of sp³-hybridized carbons (Fsp3) is 0.438. The van der Waals surface area contributed by atoms with Crippen LogP contribution in [0, 0.1) is 0 Å². The van der Waals surface area contributed by atoms with Gasteiger partial charge in [0.1, 0.15) is 19.9 Å². The molecule has 1 fully saturated rings. The third kappa shape index (κ3) is 2.97. The maximum Gasteiger partial charge on any atom is 0.313 e. The summed E-state index contributed by atoms with van der Waals surface area (Å²) in [5.74, 6) is 0.664. The second-order valence-electron chi connectivity index (χ2n) is 5.46. The summed E-state index contributed by atoms with van der Waals surface area (Å²) in [7, 11) is 0. The predicted molar refractivity (Wildman–Crippen MR) is 87.1 cm³/mol. The number of benzene rings is 1. The summed E-state index contributed by atoms with van der Waals surface area (Å²) >= 11 is 1.73. The summed E-state index contributed by atoms with van der Waals surface area (Å²) in [6, 6.07) is 9.97. The predicted octanol–water partition coefficient (Wildman–Crippen LogP) is -1.31. The second kappa shape index (κ2) is 7.17. The minimum Gasteiger partial charge on any atom is -1.00 e. The Morgan fingerprint density at radius 3 is 2.77 bits per heavy atom. The van der Waals surface area contributed by atoms with Crippen LogP contribution in [0.3, 0.4) is 0 Å². The van der Waals surface area contributed by atoms with Gasteiger partial charge in [-0.25, -0.2) is 14.4 Å². The van der Waals surface area contributed by atoms with E-state index in [-0.39, 0.29) is 17.0 Å². The first kappa shape index (κ1) is 17.5. The zero-order chi connectivity index (χ0) is 14.9. The number of fused-ring (bicyclic) bond motifs is 1. The molecule has 0 aromatic heterocycles. The maximum atomic E-state index is 11.3. The standard InChI is InChI=1S/C16H22N3OS.BrH/c1-3-10-18-12-17(4-2)13-19-15(18)21-11-16(19,20)14-8-6-5-7-9-14;/h3,5-9,20H,1,4,10-13H2,2H3;1H/q+1;/p-1. The van der Waals surface area contributed by atoms with E-state index in [1.807, 2.05) is 36.4 Å². The first-order chi connectivity index (χ1) is 10.2. The molecule has 0 amide bonds. The van der Waals surface area contributed by atoms with E-state index in [9.17, 15) is 5.11 Å². The molecule has 0 radical (unpaired) electrons. The summed E-state index contributed by atoms with van der Waals surface area (Å²) in [5, 5.41) is 12.4. The first-order valence-electron chi connectivity index (χ1n) is 7.32. The van der Waals surface area contributed by atoms with E-state index in [0.29, 0.717) is 5.75 Å². The van der Waals surface area contributed by atoms with Crippen molar-refractivity contribution in [2.45, 2.75) is 12.6 Å². The van der Waals surface area contributed by atoms with Crippen LogP contribution in [0.25, 0.3) is 0 Å². The Morgan fingerprint density at radius 1 is 1.41 bits per heavy atom. The van der Waals surface area contributed by atoms with Gasteiger partial charge in [0, 0.05) is 12.1 Å². The maximum absolute atomic E-state index is 11.3. The molecule has 4 nitrogen and oxygen atoms in total. The third-order valence-electron chi connectivity index (χ3n) is 4.10. The molecule has 2 aliphatic rings. The van der Waals surface area contributed by atoms with Crippen LogP contribution >= 0.6 is 11.8 Å². The highest BCUT2D eigenvalue weighted by atomic mass is 79.9. The molecule has 1 atom stereocenters. The largest absolute Gasteiger partial charge is 1.00 e. The molecule has 0 bridgehead atoms. The van der Waals surface area contributed by atoms with E-state index >= 15 is 0 Å². The fourth-order valence-electron chi connectivity index (χ4n) is 2.90. The highest BCUT2D eigenvalue weighted by molar-refractivity contribution is 8.13. The molecule has 120 valence electrons. The Kier molecular flexibility index (Phi) is 5.71. The lowest BCUT2D eigenvalue weighted by molar-refractivity contribution is -0.552. The van der Waals surface area contributed by atoms with Crippen LogP contribution < -0.4 is 17.0 Å². The molecule has 2 aliphatic heterocycles. The van der Waals surface area contributed by atoms with Gasteiger partial charge in [-0.2, -0.15) is 0 Å². The molecule has 1 N–H and O–H groups in total. The summed E-state index contributed by atoms with van der Waals surface area (Å²) in [6.45, 7) is 9.43. The number of rotatable bonds is 4. The van der Waals surface area contributed by atoms with Crippen LogP contribution in [0.2, 0.25) is 0 Å². The summed E-state index contributed by atoms with van der Waals surface area (Å²) in [6.07, 6.45) is 1.92. The molecule has 1 aromatic carbocycles. The Hall–Kier alpha value is -0.820. The number of thioether (sulfide) groups is 1. The van der Waals surface area contributed by atoms with E-state index in [0.717, 1.165) is 37.2 Å². The number of halogens is 1. The molecule has 1 unspecified atom stereocenters. The number of hydrogen-bond acceptors (Lipinski definition) is 4. The topological polar surface area (TPSA) is 29.7 Å². The average Bonchev–Trinajstić information content (AvgIpc) is 2.87. The minimum atomic E-state index is -0.922. The SMILES string of the molecule is C=CC[N+]1=C2SCC(O)(c3ccccc3)N2CN(CC)C1.[Br-]. The zero-order valence-electron chi connectivity index (χ0n) is 12.8. The second-order valence-corrected chi connectivity index (χ2v) is 6.41. The van der Waals surface area contributed by atoms with Gasteiger partial charge in [0.25, 0.3) is 0 Å². The van der Waals surface area contributed by atoms with E-state index in [1.54, 1.807) is 11.8 Å². The number of hydrogen-bond donors (Lipinski definition) is 1. The van der Waals surface area contributed by atoms with Gasteiger partial charge >= 0.3 is 5.17 Å². The molecule has 0 spiro atoms. The minimum absolute atomic E-state index is 0. The normalized spacial score (nSPS) is 24.9. The van der Waals surface area contributed by atoms with Gasteiger partial charge in [-0.3, -0.25) is 0 Å². The molecule has 22 heavy (non-hydrogen) atoms. The van der Waals surface area contributed by atoms with Crippen LogP contribution in [0.15, 0.2) is 43.0 Å². The lowest BCUT2D eigenvalue weighted by Gasteiger charge is -2.36. The smallest absolute Gasteiger partial charge is 0.313 e. The molecule has 0 aliphatic carbocycles. The molecule has 1 saturated heterocycles. The molecule has 3 rings (SSSR count). The van der Waals surface area contributed by atoms with Crippen molar-refractivity contribution in [1.82, 2.24) is 9.80 Å². The van der Waals surface area contributed by atoms with Gasteiger partial charge in [0.15, 0.2) is 0 Å². The molecule has 2 heterocycles. The van der Waals surface area contributed by atoms with Crippen molar-refractivity contribution in [3.8, 4) is 0 Å². The van der Waals surface area contributed by atoms with Gasteiger partial charge in [0.05, 0.1) is 5.75 Å². The van der Waals surface area contributed by atoms with Crippen LogP contribution in [-0.2, 0) is 5.72 Å². The van der Waals surface area contributed by atoms with Gasteiger partial charge in [-0.05, 0) is 11.8 Å². The number of amidine groups is 1. The molecule has 6 heteroatoms. The van der Waals surface area contributed by atoms with E-state index in [1.165, 1.54) is 0 Å². The van der Waals surface area contributed by atoms with Crippen LogP contribution in [0.5, 0.6) is 0 Å². The third-order valence-corrected chi connectivity index (χ3v) is 5.38. The summed E-state index contributed by atoms with van der Waals surface area (Å²) < 4.78 is 2.28. The van der Waals surface area contributed by atoms with Crippen molar-refractivity contribution >= 4 is 16.9 Å². The number of aliphatic hydroxyl groups is 1. The van der Waals surface area contributed by atoms with Crippen molar-refractivity contribution < 1.29 is 26.7 Å². The van der Waals surface area contributed by atoms with Gasteiger partial charge in [-0.1, -0.05) is 49.9 Å².